The minimum atomic E-state index is -0.347. The van der Waals surface area contributed by atoms with Crippen LogP contribution in [0, 0.1) is 0 Å². The van der Waals surface area contributed by atoms with Crippen LogP contribution in [0.2, 0.25) is 0 Å². The lowest BCUT2D eigenvalue weighted by Crippen LogP contribution is -2.11. The van der Waals surface area contributed by atoms with Gasteiger partial charge in [0.05, 0.1) is 5.69 Å². The highest BCUT2D eigenvalue weighted by molar-refractivity contribution is 6.08. The molecule has 0 aliphatic carbocycles. The van der Waals surface area contributed by atoms with Gasteiger partial charge < -0.3 is 15.5 Å². The molecule has 4 heteroatoms. The molecular formula is C17H13NO3. The van der Waals surface area contributed by atoms with Crippen LogP contribution in [0.1, 0.15) is 10.4 Å². The minimum Gasteiger partial charge on any atom is -0.507 e. The minimum absolute atomic E-state index is 0.00626. The molecule has 1 amide bonds. The molecular weight excluding hydrogens is 266 g/mol. The molecule has 3 N–H and O–H groups in total. The van der Waals surface area contributed by atoms with Crippen molar-refractivity contribution in [1.29, 1.82) is 0 Å². The highest BCUT2D eigenvalue weighted by Gasteiger charge is 2.13. The molecule has 4 nitrogen and oxygen atoms in total. The van der Waals surface area contributed by atoms with Gasteiger partial charge in [-0.3, -0.25) is 4.79 Å². The van der Waals surface area contributed by atoms with Crippen LogP contribution < -0.4 is 5.32 Å². The predicted octanol–water partition coefficient (Wildman–Crippen LogP) is 3.50. The quantitative estimate of drug-likeness (QED) is 0.496. The summed E-state index contributed by atoms with van der Waals surface area (Å²) in [5, 5.41) is 23.9. The first-order chi connectivity index (χ1) is 10.2. The van der Waals surface area contributed by atoms with Crippen molar-refractivity contribution in [3.05, 3.63) is 66.2 Å². The number of benzene rings is 3. The molecule has 3 rings (SSSR count). The van der Waals surface area contributed by atoms with Gasteiger partial charge in [-0.05, 0) is 12.1 Å². The molecule has 3 aromatic carbocycles. The number of hydrogen-bond donors (Lipinski definition) is 3. The van der Waals surface area contributed by atoms with Crippen LogP contribution in [-0.2, 0) is 0 Å². The molecule has 21 heavy (non-hydrogen) atoms. The van der Waals surface area contributed by atoms with Crippen LogP contribution in [0.15, 0.2) is 60.7 Å². The number of phenols is 2. The number of rotatable bonds is 2. The maximum atomic E-state index is 12.1. The molecule has 0 aromatic heterocycles. The molecule has 0 radical (unpaired) electrons. The SMILES string of the molecule is O=C(Nc1cc(O)c2ccccc2c1O)c1ccccc1. The number of phenolic OH excluding ortho intramolecular Hbond substituents is 2. The topological polar surface area (TPSA) is 69.6 Å². The van der Waals surface area contributed by atoms with Crippen molar-refractivity contribution in [3.8, 4) is 11.5 Å². The normalized spacial score (nSPS) is 10.5. The molecule has 0 aliphatic heterocycles. The Kier molecular flexibility index (Phi) is 3.20. The maximum absolute atomic E-state index is 12.1. The van der Waals surface area contributed by atoms with Gasteiger partial charge in [-0.1, -0.05) is 42.5 Å². The van der Waals surface area contributed by atoms with Gasteiger partial charge >= 0.3 is 0 Å². The largest absolute Gasteiger partial charge is 0.507 e. The Morgan fingerprint density at radius 2 is 1.48 bits per heavy atom. The summed E-state index contributed by atoms with van der Waals surface area (Å²) < 4.78 is 0. The zero-order valence-electron chi connectivity index (χ0n) is 11.1. The van der Waals surface area contributed by atoms with Crippen LogP contribution in [-0.4, -0.2) is 16.1 Å². The van der Waals surface area contributed by atoms with Gasteiger partial charge in [0.2, 0.25) is 0 Å². The zero-order chi connectivity index (χ0) is 14.8. The summed E-state index contributed by atoms with van der Waals surface area (Å²) in [6, 6.07) is 16.9. The average Bonchev–Trinajstić information content (AvgIpc) is 2.53. The van der Waals surface area contributed by atoms with E-state index in [1.807, 2.05) is 6.07 Å². The number of anilines is 1. The maximum Gasteiger partial charge on any atom is 0.255 e. The summed E-state index contributed by atoms with van der Waals surface area (Å²) in [4.78, 5) is 12.1. The van der Waals surface area contributed by atoms with Crippen molar-refractivity contribution in [2.24, 2.45) is 0 Å². The Hall–Kier alpha value is -3.01. The van der Waals surface area contributed by atoms with Crippen LogP contribution >= 0.6 is 0 Å². The Labute approximate surface area is 121 Å². The van der Waals surface area contributed by atoms with E-state index in [0.29, 0.717) is 16.3 Å². The fourth-order valence-electron chi connectivity index (χ4n) is 2.22. The number of aromatic hydroxyl groups is 2. The highest BCUT2D eigenvalue weighted by Crippen LogP contribution is 2.38. The first-order valence-corrected chi connectivity index (χ1v) is 6.47. The third kappa shape index (κ3) is 2.39. The van der Waals surface area contributed by atoms with Gasteiger partial charge in [0.1, 0.15) is 11.5 Å². The second-order valence-electron chi connectivity index (χ2n) is 4.66. The van der Waals surface area contributed by atoms with E-state index in [-0.39, 0.29) is 23.1 Å². The second kappa shape index (κ2) is 5.17. The van der Waals surface area contributed by atoms with E-state index in [4.69, 9.17) is 0 Å². The molecule has 0 saturated carbocycles. The third-order valence-corrected chi connectivity index (χ3v) is 3.28. The molecule has 0 atom stereocenters. The standard InChI is InChI=1S/C17H13NO3/c19-15-10-14(16(20)13-9-5-4-8-12(13)15)18-17(21)11-6-2-1-3-7-11/h1-10,19-20H,(H,18,21). The lowest BCUT2D eigenvalue weighted by molar-refractivity contribution is 0.102. The third-order valence-electron chi connectivity index (χ3n) is 3.28. The highest BCUT2D eigenvalue weighted by atomic mass is 16.3. The lowest BCUT2D eigenvalue weighted by Gasteiger charge is -2.11. The molecule has 3 aromatic rings. The molecule has 0 spiro atoms. The van der Waals surface area contributed by atoms with E-state index in [0.717, 1.165) is 0 Å². The van der Waals surface area contributed by atoms with Crippen LogP contribution in [0.5, 0.6) is 11.5 Å². The molecule has 0 unspecified atom stereocenters. The smallest absolute Gasteiger partial charge is 0.255 e. The summed E-state index contributed by atoms with van der Waals surface area (Å²) in [6.07, 6.45) is 0. The van der Waals surface area contributed by atoms with Crippen molar-refractivity contribution in [2.75, 3.05) is 5.32 Å². The number of carbonyl (C=O) groups is 1. The lowest BCUT2D eigenvalue weighted by atomic mass is 10.1. The van der Waals surface area contributed by atoms with Gasteiger partial charge in [0.15, 0.2) is 0 Å². The first-order valence-electron chi connectivity index (χ1n) is 6.47. The van der Waals surface area contributed by atoms with Crippen molar-refractivity contribution >= 4 is 22.4 Å². The Morgan fingerprint density at radius 1 is 0.857 bits per heavy atom. The molecule has 0 saturated heterocycles. The molecule has 0 aliphatic rings. The monoisotopic (exact) mass is 279 g/mol. The van der Waals surface area contributed by atoms with Crippen molar-refractivity contribution in [3.63, 3.8) is 0 Å². The Morgan fingerprint density at radius 3 is 2.19 bits per heavy atom. The van der Waals surface area contributed by atoms with Gasteiger partial charge in [-0.25, -0.2) is 0 Å². The van der Waals surface area contributed by atoms with Crippen LogP contribution in [0.3, 0.4) is 0 Å². The van der Waals surface area contributed by atoms with E-state index in [2.05, 4.69) is 5.32 Å². The van der Waals surface area contributed by atoms with E-state index in [1.165, 1.54) is 6.07 Å². The predicted molar refractivity (Wildman–Crippen MR) is 81.7 cm³/mol. The molecule has 0 fully saturated rings. The number of hydrogen-bond acceptors (Lipinski definition) is 3. The van der Waals surface area contributed by atoms with Crippen molar-refractivity contribution in [1.82, 2.24) is 0 Å². The number of amides is 1. The molecule has 0 heterocycles. The number of nitrogens with one attached hydrogen (secondary N) is 1. The van der Waals surface area contributed by atoms with Gasteiger partial charge in [-0.2, -0.15) is 0 Å². The summed E-state index contributed by atoms with van der Waals surface area (Å²) in [5.74, 6) is -0.403. The fourth-order valence-corrected chi connectivity index (χ4v) is 2.22. The fraction of sp³-hybridized carbons (Fsp3) is 0. The Balaban J connectivity index is 2.02. The first kappa shape index (κ1) is 13.0. The summed E-state index contributed by atoms with van der Waals surface area (Å²) in [5.41, 5.74) is 0.657. The van der Waals surface area contributed by atoms with E-state index in [1.54, 1.807) is 48.5 Å². The van der Waals surface area contributed by atoms with Crippen LogP contribution in [0.25, 0.3) is 10.8 Å². The van der Waals surface area contributed by atoms with E-state index in [9.17, 15) is 15.0 Å². The zero-order valence-corrected chi connectivity index (χ0v) is 11.1. The molecule has 0 bridgehead atoms. The van der Waals surface area contributed by atoms with E-state index >= 15 is 0 Å². The van der Waals surface area contributed by atoms with Crippen molar-refractivity contribution < 1.29 is 15.0 Å². The van der Waals surface area contributed by atoms with Gasteiger partial charge in [0, 0.05) is 22.4 Å². The average molecular weight is 279 g/mol. The summed E-state index contributed by atoms with van der Waals surface area (Å²) in [7, 11) is 0. The van der Waals surface area contributed by atoms with Gasteiger partial charge in [-0.15, -0.1) is 0 Å². The summed E-state index contributed by atoms with van der Waals surface area (Å²) >= 11 is 0. The second-order valence-corrected chi connectivity index (χ2v) is 4.66. The Bertz CT molecular complexity index is 813. The van der Waals surface area contributed by atoms with Crippen molar-refractivity contribution in [2.45, 2.75) is 0 Å². The van der Waals surface area contributed by atoms with Crippen LogP contribution in [0.4, 0.5) is 5.69 Å². The van der Waals surface area contributed by atoms with Gasteiger partial charge in [0.25, 0.3) is 5.91 Å². The number of carbonyl (C=O) groups excluding carboxylic acids is 1. The molecule has 104 valence electrons. The van der Waals surface area contributed by atoms with E-state index < -0.39 is 0 Å². The number of fused-ring (bicyclic) bond motifs is 1. The summed E-state index contributed by atoms with van der Waals surface area (Å²) in [6.45, 7) is 0.